The molecule has 1 aromatic heterocycles. The zero-order chi connectivity index (χ0) is 14.7. The number of hydrogen-bond acceptors (Lipinski definition) is 2. The molecule has 0 spiro atoms. The number of amides is 1. The first kappa shape index (κ1) is 14.3. The lowest BCUT2D eigenvalue weighted by atomic mass is 9.80. The molecule has 1 saturated carbocycles. The minimum absolute atomic E-state index is 0.0506. The van der Waals surface area contributed by atoms with E-state index < -0.39 is 0 Å². The molecular weight excluding hydrogens is 278 g/mol. The first-order valence-corrected chi connectivity index (χ1v) is 8.52. The van der Waals surface area contributed by atoms with Crippen molar-refractivity contribution in [2.75, 3.05) is 6.54 Å². The van der Waals surface area contributed by atoms with Crippen molar-refractivity contribution < 1.29 is 4.79 Å². The quantitative estimate of drug-likeness (QED) is 0.896. The Labute approximate surface area is 130 Å². The predicted octanol–water partition coefficient (Wildman–Crippen LogP) is 4.30. The maximum atomic E-state index is 12.4. The van der Waals surface area contributed by atoms with Gasteiger partial charge in [0.05, 0.1) is 0 Å². The number of aryl methyl sites for hydroxylation is 1. The summed E-state index contributed by atoms with van der Waals surface area (Å²) in [6.07, 6.45) is 4.88. The van der Waals surface area contributed by atoms with Crippen molar-refractivity contribution >= 4 is 17.2 Å². The van der Waals surface area contributed by atoms with Crippen LogP contribution in [-0.2, 0) is 5.41 Å². The molecule has 0 aliphatic heterocycles. The topological polar surface area (TPSA) is 29.1 Å². The van der Waals surface area contributed by atoms with E-state index in [0.29, 0.717) is 0 Å². The molecule has 21 heavy (non-hydrogen) atoms. The van der Waals surface area contributed by atoms with Crippen LogP contribution in [0.1, 0.15) is 47.2 Å². The zero-order valence-corrected chi connectivity index (χ0v) is 13.2. The minimum atomic E-state index is 0.0506. The number of nitrogens with one attached hydrogen (secondary N) is 1. The Hall–Kier alpha value is -1.61. The summed E-state index contributed by atoms with van der Waals surface area (Å²) >= 11 is 1.75. The Balaban J connectivity index is 1.74. The summed E-state index contributed by atoms with van der Waals surface area (Å²) in [7, 11) is 0. The van der Waals surface area contributed by atoms with E-state index in [1.807, 2.05) is 31.2 Å². The highest BCUT2D eigenvalue weighted by Crippen LogP contribution is 2.41. The molecule has 1 aliphatic rings. The van der Waals surface area contributed by atoms with Gasteiger partial charge in [0.15, 0.2) is 0 Å². The summed E-state index contributed by atoms with van der Waals surface area (Å²) in [5.41, 5.74) is 3.37. The van der Waals surface area contributed by atoms with E-state index in [4.69, 9.17) is 0 Å². The molecule has 0 bridgehead atoms. The molecule has 1 aliphatic carbocycles. The Bertz CT molecular complexity index is 612. The Morgan fingerprint density at radius 2 is 2.00 bits per heavy atom. The maximum absolute atomic E-state index is 12.4. The minimum Gasteiger partial charge on any atom is -0.351 e. The van der Waals surface area contributed by atoms with Gasteiger partial charge >= 0.3 is 0 Å². The molecule has 3 rings (SSSR count). The number of thiophene rings is 1. The summed E-state index contributed by atoms with van der Waals surface area (Å²) in [5, 5.41) is 7.56. The van der Waals surface area contributed by atoms with E-state index in [9.17, 15) is 4.79 Å². The molecule has 1 aromatic carbocycles. The van der Waals surface area contributed by atoms with Crippen LogP contribution in [0.5, 0.6) is 0 Å². The average Bonchev–Trinajstić information content (AvgIpc) is 3.17. The van der Waals surface area contributed by atoms with Crippen LogP contribution < -0.4 is 5.32 Å². The monoisotopic (exact) mass is 299 g/mol. The van der Waals surface area contributed by atoms with Crippen molar-refractivity contribution in [3.8, 4) is 0 Å². The first-order chi connectivity index (χ1) is 10.2. The Morgan fingerprint density at radius 3 is 2.67 bits per heavy atom. The maximum Gasteiger partial charge on any atom is 0.251 e. The molecule has 0 radical (unpaired) electrons. The number of rotatable bonds is 4. The molecule has 0 unspecified atom stereocenters. The van der Waals surface area contributed by atoms with Crippen LogP contribution in [0.25, 0.3) is 0 Å². The standard InChI is InChI=1S/C18H21NOS/c1-14-6-2-3-7-16(14)17(20)19-13-18(9-4-5-10-18)15-8-11-21-12-15/h2-3,6-8,11-12H,4-5,9-10,13H2,1H3,(H,19,20). The van der Waals surface area contributed by atoms with Gasteiger partial charge in [-0.1, -0.05) is 31.0 Å². The molecule has 1 N–H and O–H groups in total. The lowest BCUT2D eigenvalue weighted by molar-refractivity contribution is 0.0942. The molecule has 110 valence electrons. The molecule has 1 heterocycles. The van der Waals surface area contributed by atoms with Crippen LogP contribution in [0.15, 0.2) is 41.1 Å². The van der Waals surface area contributed by atoms with Crippen LogP contribution in [0.3, 0.4) is 0 Å². The molecule has 0 atom stereocenters. The summed E-state index contributed by atoms with van der Waals surface area (Å²) in [4.78, 5) is 12.4. The Kier molecular flexibility index (Phi) is 4.11. The highest BCUT2D eigenvalue weighted by Gasteiger charge is 2.36. The van der Waals surface area contributed by atoms with Gasteiger partial charge in [-0.15, -0.1) is 0 Å². The summed E-state index contributed by atoms with van der Waals surface area (Å²) in [6, 6.07) is 9.99. The van der Waals surface area contributed by atoms with Crippen molar-refractivity contribution in [1.29, 1.82) is 0 Å². The molecule has 1 fully saturated rings. The smallest absolute Gasteiger partial charge is 0.251 e. The van der Waals surface area contributed by atoms with Gasteiger partial charge in [-0.25, -0.2) is 0 Å². The van der Waals surface area contributed by atoms with E-state index in [1.54, 1.807) is 11.3 Å². The highest BCUT2D eigenvalue weighted by atomic mass is 32.1. The van der Waals surface area contributed by atoms with Gasteiger partial charge in [0, 0.05) is 17.5 Å². The van der Waals surface area contributed by atoms with Crippen molar-refractivity contribution in [2.45, 2.75) is 38.0 Å². The second-order valence-electron chi connectivity index (χ2n) is 6.00. The molecule has 3 heteroatoms. The van der Waals surface area contributed by atoms with E-state index >= 15 is 0 Å². The summed E-state index contributed by atoms with van der Waals surface area (Å²) < 4.78 is 0. The van der Waals surface area contributed by atoms with Crippen molar-refractivity contribution in [2.24, 2.45) is 0 Å². The molecular formula is C18H21NOS. The van der Waals surface area contributed by atoms with Crippen molar-refractivity contribution in [3.05, 3.63) is 57.8 Å². The van der Waals surface area contributed by atoms with Crippen LogP contribution in [0.4, 0.5) is 0 Å². The van der Waals surface area contributed by atoms with Crippen molar-refractivity contribution in [1.82, 2.24) is 5.32 Å². The lowest BCUT2D eigenvalue weighted by Gasteiger charge is -2.29. The first-order valence-electron chi connectivity index (χ1n) is 7.58. The van der Waals surface area contributed by atoms with Gasteiger partial charge in [0.2, 0.25) is 0 Å². The SMILES string of the molecule is Cc1ccccc1C(=O)NCC1(c2ccsc2)CCCC1. The van der Waals surface area contributed by atoms with Crippen LogP contribution in [-0.4, -0.2) is 12.5 Å². The third kappa shape index (κ3) is 2.88. The highest BCUT2D eigenvalue weighted by molar-refractivity contribution is 7.08. The van der Waals surface area contributed by atoms with Gasteiger partial charge in [-0.2, -0.15) is 11.3 Å². The van der Waals surface area contributed by atoms with E-state index in [-0.39, 0.29) is 11.3 Å². The summed E-state index contributed by atoms with van der Waals surface area (Å²) in [6.45, 7) is 2.73. The van der Waals surface area contributed by atoms with Gasteiger partial charge < -0.3 is 5.32 Å². The number of benzene rings is 1. The third-order valence-corrected chi connectivity index (χ3v) is 5.35. The summed E-state index contributed by atoms with van der Waals surface area (Å²) in [5.74, 6) is 0.0506. The van der Waals surface area contributed by atoms with Gasteiger partial charge in [-0.05, 0) is 53.8 Å². The number of carbonyl (C=O) groups is 1. The Morgan fingerprint density at radius 1 is 1.24 bits per heavy atom. The molecule has 2 nitrogen and oxygen atoms in total. The average molecular weight is 299 g/mol. The van der Waals surface area contributed by atoms with Gasteiger partial charge in [0.25, 0.3) is 5.91 Å². The fourth-order valence-electron chi connectivity index (χ4n) is 3.36. The fraction of sp³-hybridized carbons (Fsp3) is 0.389. The van der Waals surface area contributed by atoms with E-state index in [2.05, 4.69) is 22.1 Å². The van der Waals surface area contributed by atoms with Crippen LogP contribution in [0, 0.1) is 6.92 Å². The van der Waals surface area contributed by atoms with Crippen molar-refractivity contribution in [3.63, 3.8) is 0 Å². The second kappa shape index (κ2) is 6.02. The zero-order valence-electron chi connectivity index (χ0n) is 12.4. The van der Waals surface area contributed by atoms with E-state index in [0.717, 1.165) is 17.7 Å². The van der Waals surface area contributed by atoms with Crippen LogP contribution >= 0.6 is 11.3 Å². The third-order valence-electron chi connectivity index (χ3n) is 4.67. The van der Waals surface area contributed by atoms with Gasteiger partial charge in [0.1, 0.15) is 0 Å². The fourth-order valence-corrected chi connectivity index (χ4v) is 4.14. The van der Waals surface area contributed by atoms with Gasteiger partial charge in [-0.3, -0.25) is 4.79 Å². The van der Waals surface area contributed by atoms with E-state index in [1.165, 1.54) is 31.2 Å². The van der Waals surface area contributed by atoms with Crippen LogP contribution in [0.2, 0.25) is 0 Å². The molecule has 2 aromatic rings. The second-order valence-corrected chi connectivity index (χ2v) is 6.78. The number of carbonyl (C=O) groups excluding carboxylic acids is 1. The largest absolute Gasteiger partial charge is 0.351 e. The lowest BCUT2D eigenvalue weighted by Crippen LogP contribution is -2.39. The number of hydrogen-bond donors (Lipinski definition) is 1. The normalized spacial score (nSPS) is 16.8. The predicted molar refractivity (Wildman–Crippen MR) is 88.0 cm³/mol. The molecule has 0 saturated heterocycles. The molecule has 1 amide bonds.